The van der Waals surface area contributed by atoms with Crippen LogP contribution in [0, 0.1) is 12.7 Å². The van der Waals surface area contributed by atoms with Crippen molar-refractivity contribution >= 4 is 28.0 Å². The number of aromatic nitrogens is 3. The lowest BCUT2D eigenvalue weighted by molar-refractivity contribution is 0.320. The third-order valence-corrected chi connectivity index (χ3v) is 9.15. The lowest BCUT2D eigenvalue weighted by atomic mass is 9.92. The van der Waals surface area contributed by atoms with Crippen molar-refractivity contribution in [2.75, 3.05) is 12.8 Å². The number of nitrogens with two attached hydrogens (primary N) is 2. The van der Waals surface area contributed by atoms with Gasteiger partial charge in [-0.15, -0.1) is 0 Å². The molecule has 2 aromatic heterocycles. The van der Waals surface area contributed by atoms with Gasteiger partial charge in [-0.25, -0.2) is 9.18 Å². The molecule has 10 heteroatoms. The number of aromatic amines is 1. The van der Waals surface area contributed by atoms with Crippen LogP contribution in [0.25, 0.3) is 28.0 Å². The number of aliphatic imine (C=N–C) groups is 1. The van der Waals surface area contributed by atoms with Crippen molar-refractivity contribution in [2.45, 2.75) is 76.9 Å². The van der Waals surface area contributed by atoms with Crippen LogP contribution in [0.5, 0.6) is 0 Å². The molecule has 0 amide bonds. The van der Waals surface area contributed by atoms with Crippen LogP contribution in [-0.2, 0) is 6.42 Å². The number of piperidine rings is 1. The molecule has 1 aliphatic rings. The van der Waals surface area contributed by atoms with Crippen LogP contribution < -0.4 is 22.5 Å². The van der Waals surface area contributed by atoms with Gasteiger partial charge in [0, 0.05) is 48.1 Å². The Morgan fingerprint density at radius 1 is 1.23 bits per heavy atom. The van der Waals surface area contributed by atoms with E-state index in [1.807, 2.05) is 37.3 Å². The molecule has 0 bridgehead atoms. The minimum Gasteiger partial charge on any atom is -0.379 e. The quantitative estimate of drug-likeness (QED) is 0.135. The number of aryl methyl sites for hydroxylation is 2. The van der Waals surface area contributed by atoms with E-state index in [-0.39, 0.29) is 17.9 Å². The average molecular weight is 604 g/mol. The van der Waals surface area contributed by atoms with E-state index in [2.05, 4.69) is 32.4 Å². The number of benzene rings is 2. The summed E-state index contributed by atoms with van der Waals surface area (Å²) in [4.78, 5) is 24.5. The molecule has 228 valence electrons. The van der Waals surface area contributed by atoms with Crippen LogP contribution in [0.4, 0.5) is 4.39 Å². The molecule has 1 saturated heterocycles. The topological polar surface area (TPSA) is 127 Å². The summed E-state index contributed by atoms with van der Waals surface area (Å²) in [6, 6.07) is 14.6. The van der Waals surface area contributed by atoms with Crippen molar-refractivity contribution < 1.29 is 4.39 Å². The van der Waals surface area contributed by atoms with Gasteiger partial charge >= 0.3 is 5.69 Å². The summed E-state index contributed by atoms with van der Waals surface area (Å²) in [5, 5.41) is 5.15. The summed E-state index contributed by atoms with van der Waals surface area (Å²) >= 11 is 1.60. The minimum absolute atomic E-state index is 0.141. The van der Waals surface area contributed by atoms with E-state index in [0.29, 0.717) is 33.7 Å². The molecule has 8 nitrogen and oxygen atoms in total. The van der Waals surface area contributed by atoms with Gasteiger partial charge in [-0.3, -0.25) is 9.56 Å². The Balaban J connectivity index is 1.33. The van der Waals surface area contributed by atoms with Gasteiger partial charge < -0.3 is 21.8 Å². The van der Waals surface area contributed by atoms with Crippen molar-refractivity contribution in [3.05, 3.63) is 81.7 Å². The number of nitrogens with one attached hydrogen (secondary N) is 2. The van der Waals surface area contributed by atoms with Crippen LogP contribution in [0.1, 0.15) is 68.2 Å². The summed E-state index contributed by atoms with van der Waals surface area (Å²) in [5.74, 6) is 0.668. The highest BCUT2D eigenvalue weighted by Crippen LogP contribution is 2.30. The van der Waals surface area contributed by atoms with Crippen molar-refractivity contribution in [3.63, 3.8) is 0 Å². The van der Waals surface area contributed by atoms with E-state index in [1.165, 1.54) is 5.56 Å². The molecule has 3 atom stereocenters. The largest absolute Gasteiger partial charge is 0.379 e. The molecule has 43 heavy (non-hydrogen) atoms. The first-order valence-corrected chi connectivity index (χ1v) is 16.1. The van der Waals surface area contributed by atoms with E-state index in [9.17, 15) is 4.79 Å². The average Bonchev–Trinajstić information content (AvgIpc) is 3.41. The number of halogens is 1. The molecule has 6 N–H and O–H groups in total. The fourth-order valence-electron chi connectivity index (χ4n) is 5.88. The molecule has 3 heterocycles. The monoisotopic (exact) mass is 603 g/mol. The highest BCUT2D eigenvalue weighted by molar-refractivity contribution is 8.13. The number of rotatable bonds is 10. The van der Waals surface area contributed by atoms with Crippen molar-refractivity contribution in [3.8, 4) is 16.9 Å². The van der Waals surface area contributed by atoms with Gasteiger partial charge in [0.25, 0.3) is 0 Å². The number of nitrogens with zero attached hydrogens (tertiary/aromatic N) is 3. The van der Waals surface area contributed by atoms with E-state index < -0.39 is 5.69 Å². The second-order valence-corrected chi connectivity index (χ2v) is 12.8. The summed E-state index contributed by atoms with van der Waals surface area (Å²) in [5.41, 5.74) is 16.5. The number of fused-ring (bicyclic) bond motifs is 1. The predicted octanol–water partition coefficient (Wildman–Crippen LogP) is 5.75. The maximum Gasteiger partial charge on any atom is 0.354 e. The van der Waals surface area contributed by atoms with E-state index in [0.717, 1.165) is 67.3 Å². The van der Waals surface area contributed by atoms with Gasteiger partial charge in [-0.2, -0.15) is 4.98 Å². The molecule has 1 fully saturated rings. The first-order chi connectivity index (χ1) is 20.7. The Morgan fingerprint density at radius 3 is 2.77 bits per heavy atom. The van der Waals surface area contributed by atoms with Gasteiger partial charge in [0.1, 0.15) is 11.5 Å². The lowest BCUT2D eigenvalue weighted by Gasteiger charge is -2.31. The molecule has 0 spiro atoms. The molecule has 1 aliphatic heterocycles. The zero-order valence-electron chi connectivity index (χ0n) is 25.2. The van der Waals surface area contributed by atoms with Crippen LogP contribution in [0.15, 0.2) is 58.4 Å². The first kappa shape index (κ1) is 31.0. The van der Waals surface area contributed by atoms with Crippen molar-refractivity contribution in [1.82, 2.24) is 19.9 Å². The van der Waals surface area contributed by atoms with E-state index in [4.69, 9.17) is 11.5 Å². The molecular formula is C33H42FN7OS. The summed E-state index contributed by atoms with van der Waals surface area (Å²) in [6.07, 6.45) is 8.88. The Bertz CT molecular complexity index is 1640. The molecular weight excluding hydrogens is 561 g/mol. The number of hydrogen-bond acceptors (Lipinski definition) is 6. The molecule has 0 aliphatic carbocycles. The van der Waals surface area contributed by atoms with E-state index in [1.54, 1.807) is 36.5 Å². The normalized spacial score (nSPS) is 18.3. The minimum atomic E-state index is -0.391. The lowest BCUT2D eigenvalue weighted by Crippen LogP contribution is -2.37. The second-order valence-electron chi connectivity index (χ2n) is 11.7. The molecule has 2 aromatic carbocycles. The molecule has 0 saturated carbocycles. The smallest absolute Gasteiger partial charge is 0.354 e. The molecule has 0 radical (unpaired) electrons. The van der Waals surface area contributed by atoms with Crippen molar-refractivity contribution in [2.24, 2.45) is 16.5 Å². The zero-order chi connectivity index (χ0) is 30.5. The Kier molecular flexibility index (Phi) is 10.00. The Labute approximate surface area is 256 Å². The van der Waals surface area contributed by atoms with Crippen LogP contribution in [0.3, 0.4) is 0 Å². The third kappa shape index (κ3) is 7.55. The van der Waals surface area contributed by atoms with Gasteiger partial charge in [-0.1, -0.05) is 36.4 Å². The van der Waals surface area contributed by atoms with Gasteiger partial charge in [-0.05, 0) is 93.3 Å². The number of thioether (sulfide) groups is 1. The summed E-state index contributed by atoms with van der Waals surface area (Å²) in [7, 11) is 1.72. The number of amidine groups is 1. The van der Waals surface area contributed by atoms with Crippen LogP contribution in [0.2, 0.25) is 0 Å². The Morgan fingerprint density at radius 2 is 2.02 bits per heavy atom. The predicted molar refractivity (Wildman–Crippen MR) is 177 cm³/mol. The van der Waals surface area contributed by atoms with Gasteiger partial charge in [0.2, 0.25) is 0 Å². The maximum absolute atomic E-state index is 15.2. The molecule has 3 unspecified atom stereocenters. The number of hydrogen-bond donors (Lipinski definition) is 4. The molecule has 5 rings (SSSR count). The molecule has 4 aromatic rings. The van der Waals surface area contributed by atoms with Gasteiger partial charge in [0.05, 0.1) is 11.4 Å². The van der Waals surface area contributed by atoms with Crippen LogP contribution >= 0.6 is 11.8 Å². The summed E-state index contributed by atoms with van der Waals surface area (Å²) in [6.45, 7) is 3.78. The SMILES string of the molecule is CN=C(N)SCCC1CCCC(c2ccc(-n3cc4cc(-c5cc(CCCC(C)N)cc(C)c5F)[nH]c4nc3=O)cc2)N1. The first-order valence-electron chi connectivity index (χ1n) is 15.1. The second kappa shape index (κ2) is 13.9. The number of H-pyrrole nitrogens is 1. The highest BCUT2D eigenvalue weighted by atomic mass is 32.2. The standard InChI is InChI=1S/C33H42FN7OS/c1-20-16-22(7-4-6-21(2)35)17-27(30(20)34)29-18-24-19-41(33(42)40-31(24)39-29)26-12-10-23(11-13-26)28-9-5-8-25(38-28)14-15-43-32(36)37-3/h10-13,16-19,21,25,28,38H,4-9,14-15,35H2,1-3H3,(H2,36,37)(H,39,40,42). The fraction of sp³-hybridized carbons (Fsp3) is 0.424. The summed E-state index contributed by atoms with van der Waals surface area (Å²) < 4.78 is 16.8. The zero-order valence-corrected chi connectivity index (χ0v) is 26.0. The van der Waals surface area contributed by atoms with E-state index >= 15 is 4.39 Å². The maximum atomic E-state index is 15.2. The third-order valence-electron chi connectivity index (χ3n) is 8.23. The fourth-order valence-corrected chi connectivity index (χ4v) is 6.63. The highest BCUT2D eigenvalue weighted by Gasteiger charge is 2.22. The Hall–Kier alpha value is -3.47. The van der Waals surface area contributed by atoms with Crippen LogP contribution in [-0.4, -0.2) is 44.6 Å². The van der Waals surface area contributed by atoms with Gasteiger partial charge in [0.15, 0.2) is 5.17 Å². The van der Waals surface area contributed by atoms with Crippen molar-refractivity contribution in [1.29, 1.82) is 0 Å².